The largest absolute Gasteiger partial charge is 0.467 e. The lowest BCUT2D eigenvalue weighted by Crippen LogP contribution is -2.37. The van der Waals surface area contributed by atoms with Crippen molar-refractivity contribution in [2.24, 2.45) is 0 Å². The number of esters is 1. The maximum atomic E-state index is 11.8. The van der Waals surface area contributed by atoms with Crippen molar-refractivity contribution >= 4 is 27.8 Å². The fraction of sp³-hybridized carbons (Fsp3) is 0.333. The van der Waals surface area contributed by atoms with E-state index >= 15 is 0 Å². The number of rotatable bonds is 4. The van der Waals surface area contributed by atoms with E-state index in [1.54, 1.807) is 12.1 Å². The molecule has 5 nitrogen and oxygen atoms in total. The third-order valence-corrected chi connectivity index (χ3v) is 3.42. The van der Waals surface area contributed by atoms with Crippen LogP contribution in [0.3, 0.4) is 0 Å². The van der Waals surface area contributed by atoms with Gasteiger partial charge in [-0.25, -0.2) is 4.79 Å². The first-order valence-corrected chi connectivity index (χ1v) is 6.06. The Morgan fingerprint density at radius 3 is 2.78 bits per heavy atom. The van der Waals surface area contributed by atoms with Gasteiger partial charge in [-0.1, -0.05) is 12.1 Å². The van der Waals surface area contributed by atoms with Crippen LogP contribution in [0.15, 0.2) is 22.7 Å². The lowest BCUT2D eigenvalue weighted by atomic mass is 10.1. The number of amides is 1. The zero-order valence-electron chi connectivity index (χ0n) is 10.1. The number of carbonyl (C=O) groups excluding carboxylic acids is 2. The Hall–Kier alpha value is -1.40. The summed E-state index contributed by atoms with van der Waals surface area (Å²) in [4.78, 5) is 22.8. The summed E-state index contributed by atoms with van der Waals surface area (Å²) in [6, 6.07) is 5.27. The highest BCUT2D eigenvalue weighted by Gasteiger charge is 2.17. The maximum Gasteiger partial charge on any atom is 0.336 e. The topological polar surface area (TPSA) is 75.6 Å². The van der Waals surface area contributed by atoms with Crippen LogP contribution in [0.2, 0.25) is 0 Å². The number of halogens is 1. The van der Waals surface area contributed by atoms with Gasteiger partial charge in [-0.05, 0) is 34.5 Å². The highest BCUT2D eigenvalue weighted by Crippen LogP contribution is 2.20. The van der Waals surface area contributed by atoms with E-state index in [-0.39, 0.29) is 12.5 Å². The van der Waals surface area contributed by atoms with Gasteiger partial charge < -0.3 is 15.2 Å². The highest BCUT2D eigenvalue weighted by molar-refractivity contribution is 9.10. The van der Waals surface area contributed by atoms with Crippen molar-refractivity contribution in [1.29, 1.82) is 0 Å². The fourth-order valence-electron chi connectivity index (χ4n) is 1.33. The lowest BCUT2D eigenvalue weighted by molar-refractivity contribution is -0.149. The van der Waals surface area contributed by atoms with Crippen molar-refractivity contribution in [3.05, 3.63) is 33.8 Å². The Morgan fingerprint density at radius 1 is 1.50 bits per heavy atom. The molecule has 0 radical (unpaired) electrons. The number of aryl methyl sites for hydroxylation is 1. The average Bonchev–Trinajstić information content (AvgIpc) is 2.37. The van der Waals surface area contributed by atoms with Gasteiger partial charge in [0.25, 0.3) is 5.91 Å². The summed E-state index contributed by atoms with van der Waals surface area (Å²) in [5.41, 5.74) is 1.38. The number of hydrogen-bond acceptors (Lipinski definition) is 4. The predicted molar refractivity (Wildman–Crippen MR) is 69.2 cm³/mol. The molecule has 1 rings (SSSR count). The molecule has 0 saturated carbocycles. The van der Waals surface area contributed by atoms with Gasteiger partial charge in [-0.2, -0.15) is 0 Å². The van der Waals surface area contributed by atoms with Gasteiger partial charge in [0.15, 0.2) is 6.10 Å². The minimum atomic E-state index is -1.36. The van der Waals surface area contributed by atoms with Crippen molar-refractivity contribution in [1.82, 2.24) is 5.32 Å². The van der Waals surface area contributed by atoms with Gasteiger partial charge in [0.1, 0.15) is 0 Å². The summed E-state index contributed by atoms with van der Waals surface area (Å²) in [5.74, 6) is -1.15. The van der Waals surface area contributed by atoms with Gasteiger partial charge >= 0.3 is 5.97 Å². The van der Waals surface area contributed by atoms with Crippen LogP contribution in [0.5, 0.6) is 0 Å². The fourth-order valence-corrected chi connectivity index (χ4v) is 1.77. The summed E-state index contributed by atoms with van der Waals surface area (Å²) in [5, 5.41) is 11.8. The molecule has 0 aliphatic heterocycles. The van der Waals surface area contributed by atoms with Crippen molar-refractivity contribution in [2.45, 2.75) is 13.0 Å². The van der Waals surface area contributed by atoms with Gasteiger partial charge in [-0.3, -0.25) is 4.79 Å². The molecule has 6 heteroatoms. The number of benzene rings is 1. The molecule has 1 aromatic carbocycles. The van der Waals surface area contributed by atoms with Gasteiger partial charge in [0.2, 0.25) is 0 Å². The number of methoxy groups -OCH3 is 1. The number of aliphatic hydroxyl groups excluding tert-OH is 1. The Balaban J connectivity index is 2.66. The number of ether oxygens (including phenoxy) is 1. The first-order valence-electron chi connectivity index (χ1n) is 5.26. The van der Waals surface area contributed by atoms with Crippen LogP contribution in [0, 0.1) is 6.92 Å². The molecule has 2 N–H and O–H groups in total. The monoisotopic (exact) mass is 315 g/mol. The average molecular weight is 316 g/mol. The summed E-state index contributed by atoms with van der Waals surface area (Å²) in [6.45, 7) is 1.68. The predicted octanol–water partition coefficient (Wildman–Crippen LogP) is 1.02. The van der Waals surface area contributed by atoms with Crippen molar-refractivity contribution in [3.8, 4) is 0 Å². The first-order chi connectivity index (χ1) is 8.47. The number of aliphatic hydroxyl groups is 1. The zero-order valence-corrected chi connectivity index (χ0v) is 11.7. The summed E-state index contributed by atoms with van der Waals surface area (Å²) in [6.07, 6.45) is -1.36. The van der Waals surface area contributed by atoms with E-state index in [1.807, 2.05) is 13.0 Å². The third-order valence-electron chi connectivity index (χ3n) is 2.37. The number of carbonyl (C=O) groups is 2. The molecule has 98 valence electrons. The Labute approximate surface area is 113 Å². The van der Waals surface area contributed by atoms with Gasteiger partial charge in [-0.15, -0.1) is 0 Å². The van der Waals surface area contributed by atoms with Crippen LogP contribution in [-0.2, 0) is 9.53 Å². The molecule has 1 amide bonds. The van der Waals surface area contributed by atoms with E-state index in [4.69, 9.17) is 0 Å². The molecule has 0 aliphatic carbocycles. The molecule has 0 heterocycles. The Kier molecular flexibility index (Phi) is 5.30. The first kappa shape index (κ1) is 14.7. The third kappa shape index (κ3) is 3.54. The van der Waals surface area contributed by atoms with E-state index in [9.17, 15) is 14.7 Å². The molecule has 1 unspecified atom stereocenters. The van der Waals surface area contributed by atoms with E-state index in [1.165, 1.54) is 7.11 Å². The van der Waals surface area contributed by atoms with Gasteiger partial charge in [0, 0.05) is 4.47 Å². The molecule has 0 aromatic heterocycles. The van der Waals surface area contributed by atoms with Crippen LogP contribution in [0.25, 0.3) is 0 Å². The standard InChI is InChI=1S/C12H14BrNO4/c1-7-4-3-5-8(10(7)13)11(16)14-6-9(15)12(17)18-2/h3-5,9,15H,6H2,1-2H3,(H,14,16). The molecular weight excluding hydrogens is 302 g/mol. The van der Waals surface area contributed by atoms with Crippen LogP contribution in [-0.4, -0.2) is 36.7 Å². The number of nitrogens with one attached hydrogen (secondary N) is 1. The summed E-state index contributed by atoms with van der Waals surface area (Å²) >= 11 is 3.32. The van der Waals surface area contributed by atoms with E-state index in [2.05, 4.69) is 26.0 Å². The molecule has 0 fully saturated rings. The molecule has 0 spiro atoms. The second kappa shape index (κ2) is 6.51. The van der Waals surface area contributed by atoms with Crippen molar-refractivity contribution in [3.63, 3.8) is 0 Å². The summed E-state index contributed by atoms with van der Waals surface area (Å²) in [7, 11) is 1.17. The highest BCUT2D eigenvalue weighted by atomic mass is 79.9. The van der Waals surface area contributed by atoms with Crippen LogP contribution in [0.4, 0.5) is 0 Å². The van der Waals surface area contributed by atoms with E-state index in [0.29, 0.717) is 10.0 Å². The Morgan fingerprint density at radius 2 is 2.17 bits per heavy atom. The normalized spacial score (nSPS) is 11.8. The van der Waals surface area contributed by atoms with Crippen molar-refractivity contribution < 1.29 is 19.4 Å². The Bertz CT molecular complexity index is 461. The smallest absolute Gasteiger partial charge is 0.336 e. The minimum Gasteiger partial charge on any atom is -0.467 e. The maximum absolute atomic E-state index is 11.8. The molecular formula is C12H14BrNO4. The molecule has 0 aliphatic rings. The van der Waals surface area contributed by atoms with E-state index < -0.39 is 12.1 Å². The second-order valence-corrected chi connectivity index (χ2v) is 4.48. The lowest BCUT2D eigenvalue weighted by Gasteiger charge is -2.11. The van der Waals surface area contributed by atoms with E-state index in [0.717, 1.165) is 5.56 Å². The number of hydrogen-bond donors (Lipinski definition) is 2. The second-order valence-electron chi connectivity index (χ2n) is 3.69. The van der Waals surface area contributed by atoms with Crippen molar-refractivity contribution in [2.75, 3.05) is 13.7 Å². The van der Waals surface area contributed by atoms with Gasteiger partial charge in [0.05, 0.1) is 19.2 Å². The molecule has 0 saturated heterocycles. The molecule has 0 bridgehead atoms. The summed E-state index contributed by atoms with van der Waals surface area (Å²) < 4.78 is 5.03. The molecule has 1 atom stereocenters. The minimum absolute atomic E-state index is 0.189. The molecule has 18 heavy (non-hydrogen) atoms. The molecule has 1 aromatic rings. The SMILES string of the molecule is COC(=O)C(O)CNC(=O)c1cccc(C)c1Br. The van der Waals surface area contributed by atoms with Crippen LogP contribution < -0.4 is 5.32 Å². The van der Waals surface area contributed by atoms with Crippen LogP contribution in [0.1, 0.15) is 15.9 Å². The quantitative estimate of drug-likeness (QED) is 0.813. The van der Waals surface area contributed by atoms with Crippen LogP contribution >= 0.6 is 15.9 Å². The zero-order chi connectivity index (χ0) is 13.7.